The van der Waals surface area contributed by atoms with Gasteiger partial charge < -0.3 is 25.6 Å². The summed E-state index contributed by atoms with van der Waals surface area (Å²) in [6.07, 6.45) is -2.56. The molecule has 0 radical (unpaired) electrons. The van der Waals surface area contributed by atoms with Gasteiger partial charge in [0.25, 0.3) is 5.91 Å². The number of hydrogen-bond acceptors (Lipinski definition) is 5. The standard InChI is InChI=1S/C17H26N2O5/c1-17(2,3)24-16(23)19-10-9-13(20)14(21)11-5-7-12(8-6-11)15(22)18-4/h5-8,13-14,20-21H,9-10H2,1-4H3,(H,18,22)(H,19,23). The lowest BCUT2D eigenvalue weighted by atomic mass is 10.0. The van der Waals surface area contributed by atoms with Crippen molar-refractivity contribution in [3.63, 3.8) is 0 Å². The van der Waals surface area contributed by atoms with Gasteiger partial charge in [0.2, 0.25) is 0 Å². The van der Waals surface area contributed by atoms with Crippen molar-refractivity contribution in [2.75, 3.05) is 13.6 Å². The molecule has 0 saturated carbocycles. The van der Waals surface area contributed by atoms with Crippen LogP contribution in [0.2, 0.25) is 0 Å². The molecule has 1 rings (SSSR count). The monoisotopic (exact) mass is 338 g/mol. The molecule has 2 atom stereocenters. The topological polar surface area (TPSA) is 108 Å². The zero-order valence-electron chi connectivity index (χ0n) is 14.5. The van der Waals surface area contributed by atoms with Crippen LogP contribution in [0.5, 0.6) is 0 Å². The molecule has 24 heavy (non-hydrogen) atoms. The summed E-state index contributed by atoms with van der Waals surface area (Å²) in [5, 5.41) is 25.2. The van der Waals surface area contributed by atoms with Gasteiger partial charge in [-0.1, -0.05) is 12.1 Å². The maximum Gasteiger partial charge on any atom is 0.407 e. The summed E-state index contributed by atoms with van der Waals surface area (Å²) in [4.78, 5) is 23.0. The van der Waals surface area contributed by atoms with E-state index >= 15 is 0 Å². The molecule has 0 aliphatic carbocycles. The Morgan fingerprint density at radius 3 is 2.25 bits per heavy atom. The molecule has 0 fully saturated rings. The number of carbonyl (C=O) groups excluding carboxylic acids is 2. The number of amides is 2. The molecule has 134 valence electrons. The Morgan fingerprint density at radius 1 is 1.17 bits per heavy atom. The third kappa shape index (κ3) is 6.55. The average Bonchev–Trinajstić information content (AvgIpc) is 2.51. The van der Waals surface area contributed by atoms with Crippen LogP contribution >= 0.6 is 0 Å². The van der Waals surface area contributed by atoms with Crippen LogP contribution in [0.15, 0.2) is 24.3 Å². The molecule has 4 N–H and O–H groups in total. The van der Waals surface area contributed by atoms with E-state index in [4.69, 9.17) is 4.74 Å². The van der Waals surface area contributed by atoms with Gasteiger partial charge in [-0.05, 0) is 44.9 Å². The molecule has 2 unspecified atom stereocenters. The first-order valence-corrected chi connectivity index (χ1v) is 7.79. The van der Waals surface area contributed by atoms with E-state index in [1.807, 2.05) is 0 Å². The maximum atomic E-state index is 11.5. The minimum absolute atomic E-state index is 0.164. The second-order valence-electron chi connectivity index (χ2n) is 6.43. The van der Waals surface area contributed by atoms with Crippen molar-refractivity contribution in [2.24, 2.45) is 0 Å². The fraction of sp³-hybridized carbons (Fsp3) is 0.529. The Morgan fingerprint density at radius 2 is 1.75 bits per heavy atom. The van der Waals surface area contributed by atoms with Gasteiger partial charge in [-0.3, -0.25) is 4.79 Å². The van der Waals surface area contributed by atoms with Crippen molar-refractivity contribution in [3.05, 3.63) is 35.4 Å². The quantitative estimate of drug-likeness (QED) is 0.626. The van der Waals surface area contributed by atoms with E-state index in [2.05, 4.69) is 10.6 Å². The number of alkyl carbamates (subject to hydrolysis) is 1. The van der Waals surface area contributed by atoms with Gasteiger partial charge >= 0.3 is 6.09 Å². The molecule has 0 spiro atoms. The molecule has 0 saturated heterocycles. The van der Waals surface area contributed by atoms with Gasteiger partial charge in [-0.25, -0.2) is 4.79 Å². The molecule has 0 aliphatic heterocycles. The Kier molecular flexibility index (Phi) is 7.18. The second kappa shape index (κ2) is 8.65. The number of aliphatic hydroxyl groups excluding tert-OH is 2. The molecular formula is C17H26N2O5. The van der Waals surface area contributed by atoms with E-state index in [0.717, 1.165) is 0 Å². The predicted octanol–water partition coefficient (Wildman–Crippen LogP) is 1.36. The van der Waals surface area contributed by atoms with E-state index in [0.29, 0.717) is 11.1 Å². The van der Waals surface area contributed by atoms with Crippen molar-refractivity contribution in [3.8, 4) is 0 Å². The Hall–Kier alpha value is -2.12. The van der Waals surface area contributed by atoms with Gasteiger partial charge in [-0.15, -0.1) is 0 Å². The van der Waals surface area contributed by atoms with Gasteiger partial charge in [0.05, 0.1) is 6.10 Å². The lowest BCUT2D eigenvalue weighted by Gasteiger charge is -2.21. The Labute approximate surface area is 142 Å². The summed E-state index contributed by atoms with van der Waals surface area (Å²) in [5.74, 6) is -0.224. The molecule has 0 aromatic heterocycles. The zero-order valence-corrected chi connectivity index (χ0v) is 14.5. The average molecular weight is 338 g/mol. The normalized spacial score (nSPS) is 13.8. The van der Waals surface area contributed by atoms with Crippen LogP contribution in [0, 0.1) is 0 Å². The summed E-state index contributed by atoms with van der Waals surface area (Å²) in [7, 11) is 1.53. The van der Waals surface area contributed by atoms with Crippen LogP contribution in [-0.4, -0.2) is 47.5 Å². The number of aliphatic hydroxyl groups is 2. The third-order valence-electron chi connectivity index (χ3n) is 3.21. The van der Waals surface area contributed by atoms with Gasteiger partial charge in [0, 0.05) is 19.2 Å². The fourth-order valence-corrected chi connectivity index (χ4v) is 1.99. The highest BCUT2D eigenvalue weighted by molar-refractivity contribution is 5.93. The van der Waals surface area contributed by atoms with Crippen LogP contribution in [0.25, 0.3) is 0 Å². The fourth-order valence-electron chi connectivity index (χ4n) is 1.99. The summed E-state index contributed by atoms with van der Waals surface area (Å²) in [6.45, 7) is 5.44. The minimum Gasteiger partial charge on any atom is -0.444 e. The lowest BCUT2D eigenvalue weighted by molar-refractivity contribution is 0.0123. The van der Waals surface area contributed by atoms with E-state index in [9.17, 15) is 19.8 Å². The van der Waals surface area contributed by atoms with Crippen LogP contribution in [-0.2, 0) is 4.74 Å². The highest BCUT2D eigenvalue weighted by Crippen LogP contribution is 2.19. The number of nitrogens with one attached hydrogen (secondary N) is 2. The van der Waals surface area contributed by atoms with Crippen molar-refractivity contribution in [1.82, 2.24) is 10.6 Å². The van der Waals surface area contributed by atoms with Gasteiger partial charge in [0.1, 0.15) is 11.7 Å². The predicted molar refractivity (Wildman–Crippen MR) is 89.7 cm³/mol. The van der Waals surface area contributed by atoms with Crippen molar-refractivity contribution < 1.29 is 24.5 Å². The van der Waals surface area contributed by atoms with E-state index in [1.54, 1.807) is 45.0 Å². The molecule has 0 bridgehead atoms. The molecular weight excluding hydrogens is 312 g/mol. The second-order valence-corrected chi connectivity index (χ2v) is 6.43. The molecule has 0 aliphatic rings. The highest BCUT2D eigenvalue weighted by Gasteiger charge is 2.20. The summed E-state index contributed by atoms with van der Waals surface area (Å²) >= 11 is 0. The Balaban J connectivity index is 2.48. The summed E-state index contributed by atoms with van der Waals surface area (Å²) in [6, 6.07) is 6.31. The number of carbonyl (C=O) groups is 2. The number of rotatable bonds is 6. The van der Waals surface area contributed by atoms with Crippen LogP contribution in [0.4, 0.5) is 4.79 Å². The smallest absolute Gasteiger partial charge is 0.407 e. The molecule has 1 aromatic carbocycles. The summed E-state index contributed by atoms with van der Waals surface area (Å²) < 4.78 is 5.08. The number of hydrogen-bond donors (Lipinski definition) is 4. The first-order valence-electron chi connectivity index (χ1n) is 7.79. The van der Waals surface area contributed by atoms with Crippen molar-refractivity contribution in [2.45, 2.75) is 45.0 Å². The highest BCUT2D eigenvalue weighted by atomic mass is 16.6. The van der Waals surface area contributed by atoms with Crippen LogP contribution in [0.1, 0.15) is 49.2 Å². The first kappa shape index (κ1) is 19.9. The van der Waals surface area contributed by atoms with E-state index in [-0.39, 0.29) is 18.9 Å². The van der Waals surface area contributed by atoms with Gasteiger partial charge in [-0.2, -0.15) is 0 Å². The van der Waals surface area contributed by atoms with Crippen molar-refractivity contribution >= 4 is 12.0 Å². The molecule has 1 aromatic rings. The van der Waals surface area contributed by atoms with Crippen LogP contribution < -0.4 is 10.6 Å². The third-order valence-corrected chi connectivity index (χ3v) is 3.21. The largest absolute Gasteiger partial charge is 0.444 e. The molecule has 2 amide bonds. The SMILES string of the molecule is CNC(=O)c1ccc(C(O)C(O)CCNC(=O)OC(C)(C)C)cc1. The zero-order chi connectivity index (χ0) is 18.3. The van der Waals surface area contributed by atoms with Crippen molar-refractivity contribution in [1.29, 1.82) is 0 Å². The summed E-state index contributed by atoms with van der Waals surface area (Å²) in [5.41, 5.74) is 0.372. The number of ether oxygens (including phenoxy) is 1. The Bertz CT molecular complexity index is 551. The van der Waals surface area contributed by atoms with E-state index in [1.165, 1.54) is 7.05 Å². The first-order chi connectivity index (χ1) is 11.1. The molecule has 7 nitrogen and oxygen atoms in total. The number of benzene rings is 1. The van der Waals surface area contributed by atoms with Crippen LogP contribution in [0.3, 0.4) is 0 Å². The minimum atomic E-state index is -1.11. The maximum absolute atomic E-state index is 11.5. The van der Waals surface area contributed by atoms with Gasteiger partial charge in [0.15, 0.2) is 0 Å². The molecule has 0 heterocycles. The lowest BCUT2D eigenvalue weighted by Crippen LogP contribution is -2.34. The molecule has 7 heteroatoms. The van der Waals surface area contributed by atoms with E-state index < -0.39 is 23.9 Å².